The zero-order valence-electron chi connectivity index (χ0n) is 44.4. The molecule has 1 unspecified atom stereocenters. The Balaban J connectivity index is 5.02. The van der Waals surface area contributed by atoms with Crippen LogP contribution >= 0.6 is 19.6 Å². The summed E-state index contributed by atoms with van der Waals surface area (Å²) >= 11 is 1.21. The van der Waals surface area contributed by atoms with Crippen molar-refractivity contribution in [3.05, 3.63) is 60.8 Å². The number of likely N-dealkylation sites (N-methyl/N-ethyl adjacent to an activating group) is 1. The molecule has 70 heavy (non-hydrogen) atoms. The summed E-state index contributed by atoms with van der Waals surface area (Å²) in [5.41, 5.74) is 6.27. The van der Waals surface area contributed by atoms with Crippen LogP contribution in [0.5, 0.6) is 0 Å². The second kappa shape index (κ2) is 46.3. The Morgan fingerprint density at radius 1 is 0.657 bits per heavy atom. The van der Waals surface area contributed by atoms with Crippen LogP contribution in [0, 0.1) is 0 Å². The highest BCUT2D eigenvalue weighted by Gasteiger charge is 2.29. The number of aliphatic carboxylic acids is 1. The number of quaternary nitrogens is 1. The van der Waals surface area contributed by atoms with Crippen molar-refractivity contribution in [3.8, 4) is 0 Å². The van der Waals surface area contributed by atoms with E-state index in [9.17, 15) is 28.9 Å². The number of carbonyl (C=O) groups excluding carboxylic acids is 2. The molecular formula is C55H100N2O11PS+. The van der Waals surface area contributed by atoms with E-state index in [-0.39, 0.29) is 38.0 Å². The summed E-state index contributed by atoms with van der Waals surface area (Å²) in [6, 6.07) is -1.18. The van der Waals surface area contributed by atoms with E-state index in [0.717, 1.165) is 32.1 Å². The minimum atomic E-state index is -4.54. The molecule has 0 aliphatic rings. The maximum absolute atomic E-state index is 13.3. The van der Waals surface area contributed by atoms with E-state index in [1.807, 2.05) is 45.4 Å². The van der Waals surface area contributed by atoms with Crippen molar-refractivity contribution < 1.29 is 57.1 Å². The largest absolute Gasteiger partial charge is 0.481 e. The van der Waals surface area contributed by atoms with Crippen LogP contribution in [0.15, 0.2) is 60.8 Å². The second-order valence-electron chi connectivity index (χ2n) is 19.5. The van der Waals surface area contributed by atoms with E-state index in [1.165, 1.54) is 127 Å². The minimum absolute atomic E-state index is 0.0234. The number of thioether (sulfide) groups is 1. The normalized spacial score (nSPS) is 15.1. The number of phosphoric ester groups is 1. The van der Waals surface area contributed by atoms with Crippen LogP contribution < -0.4 is 5.73 Å². The maximum Gasteiger partial charge on any atom is 0.472 e. The predicted octanol–water partition coefficient (Wildman–Crippen LogP) is 12.9. The monoisotopic (exact) mass is 1030 g/mol. The second-order valence-corrected chi connectivity index (χ2v) is 22.1. The number of unbranched alkanes of at least 4 members (excludes halogenated alkanes) is 20. The van der Waals surface area contributed by atoms with Crippen molar-refractivity contribution in [2.45, 2.75) is 217 Å². The first-order valence-corrected chi connectivity index (χ1v) is 29.5. The fourth-order valence-electron chi connectivity index (χ4n) is 7.14. The molecule has 0 saturated carbocycles. The van der Waals surface area contributed by atoms with E-state index in [2.05, 4.69) is 38.2 Å². The van der Waals surface area contributed by atoms with E-state index in [4.69, 9.17) is 29.4 Å². The van der Waals surface area contributed by atoms with Gasteiger partial charge in [-0.05, 0) is 64.2 Å². The lowest BCUT2D eigenvalue weighted by Crippen LogP contribution is -2.40. The number of nitrogens with two attached hydrogens (primary N) is 1. The fraction of sp³-hybridized carbons (Fsp3) is 0.764. The van der Waals surface area contributed by atoms with Gasteiger partial charge in [-0.2, -0.15) is 0 Å². The van der Waals surface area contributed by atoms with E-state index in [1.54, 1.807) is 12.2 Å². The molecule has 15 heteroatoms. The molecule has 5 atom stereocenters. The maximum atomic E-state index is 13.3. The summed E-state index contributed by atoms with van der Waals surface area (Å²) in [4.78, 5) is 47.5. The summed E-state index contributed by atoms with van der Waals surface area (Å²) < 4.78 is 34.5. The molecule has 0 spiro atoms. The van der Waals surface area contributed by atoms with Crippen LogP contribution in [0.2, 0.25) is 0 Å². The molecule has 0 aromatic carbocycles. The highest BCUT2D eigenvalue weighted by molar-refractivity contribution is 8.00. The van der Waals surface area contributed by atoms with Crippen molar-refractivity contribution >= 4 is 37.5 Å². The van der Waals surface area contributed by atoms with E-state index in [0.29, 0.717) is 17.4 Å². The Bertz CT molecular complexity index is 1500. The molecule has 406 valence electrons. The number of carboxylic acid groups (broad SMARTS) is 1. The Morgan fingerprint density at radius 2 is 1.19 bits per heavy atom. The lowest BCUT2D eigenvalue weighted by molar-refractivity contribution is -0.870. The zero-order valence-corrected chi connectivity index (χ0v) is 46.1. The van der Waals surface area contributed by atoms with Crippen molar-refractivity contribution in [3.63, 3.8) is 0 Å². The molecule has 0 radical (unpaired) electrons. The van der Waals surface area contributed by atoms with Crippen molar-refractivity contribution in [2.75, 3.05) is 53.3 Å². The van der Waals surface area contributed by atoms with Crippen LogP contribution in [0.3, 0.4) is 0 Å². The molecule has 0 aliphatic heterocycles. The summed E-state index contributed by atoms with van der Waals surface area (Å²) in [5.74, 6) is -2.27. The molecule has 13 nitrogen and oxygen atoms in total. The van der Waals surface area contributed by atoms with Crippen LogP contribution in [0.4, 0.5) is 0 Å². The first-order chi connectivity index (χ1) is 33.6. The molecule has 0 aromatic heterocycles. The van der Waals surface area contributed by atoms with Crippen LogP contribution in [0.1, 0.15) is 194 Å². The minimum Gasteiger partial charge on any atom is -0.481 e. The number of carbonyl (C=O) groups is 3. The summed E-state index contributed by atoms with van der Waals surface area (Å²) in [5, 5.41) is 19.6. The summed E-state index contributed by atoms with van der Waals surface area (Å²) in [6.07, 6.45) is 47.4. The third kappa shape index (κ3) is 46.5. The SMILES string of the molecule is CCCCC/C=C\C\C=C/C=C/C=C/[C@@H](SC[C@H](N)C(=O)O[C@H](COC(=O)CCCCCCCCCCCCC/C=C\CCCCCCCC)COP(=O)(O)OCC[N+](C)(C)C)[C@@H](O)CCCC(=O)O. The molecule has 0 heterocycles. The number of nitrogens with zero attached hydrogens (tertiary/aromatic N) is 1. The summed E-state index contributed by atoms with van der Waals surface area (Å²) in [7, 11) is 1.18. The molecular weight excluding hydrogens is 928 g/mol. The molecule has 5 N–H and O–H groups in total. The predicted molar refractivity (Wildman–Crippen MR) is 290 cm³/mol. The molecule has 0 saturated heterocycles. The fourth-order valence-corrected chi connectivity index (χ4v) is 9.01. The summed E-state index contributed by atoms with van der Waals surface area (Å²) in [6.45, 7) is 3.82. The topological polar surface area (TPSA) is 192 Å². The van der Waals surface area contributed by atoms with Gasteiger partial charge in [-0.3, -0.25) is 23.4 Å². The molecule has 0 bridgehead atoms. The average Bonchev–Trinajstić information content (AvgIpc) is 3.30. The van der Waals surface area contributed by atoms with E-state index >= 15 is 0 Å². The Morgan fingerprint density at radius 3 is 1.77 bits per heavy atom. The number of ether oxygens (including phenoxy) is 2. The van der Waals surface area contributed by atoms with Gasteiger partial charge in [0.2, 0.25) is 0 Å². The van der Waals surface area contributed by atoms with Crippen molar-refractivity contribution in [1.29, 1.82) is 0 Å². The number of esters is 2. The molecule has 0 rings (SSSR count). The van der Waals surface area contributed by atoms with Crippen molar-refractivity contribution in [1.82, 2.24) is 0 Å². The van der Waals surface area contributed by atoms with Gasteiger partial charge in [0.05, 0.1) is 33.9 Å². The lowest BCUT2D eigenvalue weighted by Gasteiger charge is -2.25. The number of carboxylic acids is 1. The van der Waals surface area contributed by atoms with Gasteiger partial charge >= 0.3 is 25.7 Å². The van der Waals surface area contributed by atoms with Crippen LogP contribution in [0.25, 0.3) is 0 Å². The molecule has 0 amide bonds. The van der Waals surface area contributed by atoms with Gasteiger partial charge in [-0.1, -0.05) is 177 Å². The Hall–Kier alpha value is -2.55. The van der Waals surface area contributed by atoms with Gasteiger partial charge < -0.3 is 34.8 Å². The molecule has 0 aromatic rings. The standard InChI is InChI=1S/C55H99N2O11PS/c1-6-8-10-12-14-16-18-20-21-22-23-24-25-26-27-28-30-32-34-36-38-43-54(61)65-46-49(47-67-69(63,64)66-45-44-57(3,4)5)68-55(62)50(56)48-70-52(51(58)40-39-42-53(59)60)41-37-35-33-31-29-19-17-15-13-11-9-7-2/h15,17,20-21,29,31,33,35,37,41,49-52,58H,6-14,16,18-19,22-28,30,32,34,36,38-40,42-48,56H2,1-5H3,(H-,59,60,63,64)/p+1/b17-15-,21-20-,31-29-,35-33+,41-37+/t49-,50+,51+,52-/m1/s1. The lowest BCUT2D eigenvalue weighted by atomic mass is 10.0. The highest BCUT2D eigenvalue weighted by Crippen LogP contribution is 2.43. The molecule has 0 fully saturated rings. The van der Waals surface area contributed by atoms with Gasteiger partial charge in [0.1, 0.15) is 25.8 Å². The average molecular weight is 1030 g/mol. The first kappa shape index (κ1) is 67.5. The number of hydrogen-bond acceptors (Lipinski definition) is 11. The van der Waals surface area contributed by atoms with E-state index < -0.39 is 62.4 Å². The first-order valence-electron chi connectivity index (χ1n) is 27.0. The number of rotatable bonds is 49. The number of aliphatic hydroxyl groups excluding tert-OH is 1. The zero-order chi connectivity index (χ0) is 52.0. The smallest absolute Gasteiger partial charge is 0.472 e. The van der Waals surface area contributed by atoms with Gasteiger partial charge in [-0.15, -0.1) is 11.8 Å². The Kier molecular flexibility index (Phi) is 44.6. The van der Waals surface area contributed by atoms with Gasteiger partial charge in [-0.25, -0.2) is 4.57 Å². The number of phosphoric acid groups is 1. The number of allylic oxidation sites excluding steroid dienone is 9. The number of hydrogen-bond donors (Lipinski definition) is 4. The number of aliphatic hydroxyl groups is 1. The quantitative estimate of drug-likeness (QED) is 0.0112. The highest BCUT2D eigenvalue weighted by atomic mass is 32.2. The van der Waals surface area contributed by atoms with Crippen LogP contribution in [-0.4, -0.2) is 114 Å². The Labute approximate surface area is 429 Å². The van der Waals surface area contributed by atoms with Gasteiger partial charge in [0.15, 0.2) is 6.10 Å². The third-order valence-corrected chi connectivity index (χ3v) is 13.9. The van der Waals surface area contributed by atoms with Crippen LogP contribution in [-0.2, 0) is 37.5 Å². The third-order valence-electron chi connectivity index (χ3n) is 11.5. The molecule has 0 aliphatic carbocycles. The van der Waals surface area contributed by atoms with Crippen molar-refractivity contribution in [2.24, 2.45) is 5.73 Å². The van der Waals surface area contributed by atoms with Gasteiger partial charge in [0, 0.05) is 23.8 Å². The van der Waals surface area contributed by atoms with Gasteiger partial charge in [0.25, 0.3) is 0 Å².